The minimum atomic E-state index is -0.894. The molecule has 1 heterocycles. The number of carbonyl (C=O) groups excluding carboxylic acids is 2. The molecule has 0 aromatic heterocycles. The lowest BCUT2D eigenvalue weighted by Crippen LogP contribution is -2.62. The number of likely N-dealkylation sites (N-methyl/N-ethyl adjacent to an activating group) is 1. The van der Waals surface area contributed by atoms with Crippen LogP contribution >= 0.6 is 0 Å². The average Bonchev–Trinajstić information content (AvgIpc) is 3.46. The van der Waals surface area contributed by atoms with Crippen LogP contribution in [0.3, 0.4) is 0 Å². The van der Waals surface area contributed by atoms with Crippen LogP contribution in [0, 0.1) is 35.0 Å². The molecule has 1 aliphatic heterocycles. The first-order valence-corrected chi connectivity index (χ1v) is 20.1. The quantitative estimate of drug-likeness (QED) is 0.185. The third kappa shape index (κ3) is 8.83. The Hall–Kier alpha value is -3.02. The van der Waals surface area contributed by atoms with Crippen molar-refractivity contribution in [2.75, 3.05) is 34.4 Å². The Morgan fingerprint density at radius 3 is 2.37 bits per heavy atom. The second-order valence-electron chi connectivity index (χ2n) is 18.8. The maximum atomic E-state index is 14.3. The van der Waals surface area contributed by atoms with Crippen molar-refractivity contribution in [3.8, 4) is 16.9 Å². The molecule has 4 fully saturated rings. The smallest absolute Gasteiger partial charge is 0.251 e. The number of ether oxygens (including phenoxy) is 1. The first-order valence-electron chi connectivity index (χ1n) is 20.1. The Morgan fingerprint density at radius 1 is 1.11 bits per heavy atom. The molecule has 9 atom stereocenters. The molecular formula is C44H68N4O6. The number of benzene rings is 2. The van der Waals surface area contributed by atoms with E-state index in [0.29, 0.717) is 35.0 Å². The van der Waals surface area contributed by atoms with E-state index < -0.39 is 24.2 Å². The molecule has 10 heteroatoms. The second-order valence-corrected chi connectivity index (χ2v) is 18.8. The van der Waals surface area contributed by atoms with E-state index in [2.05, 4.69) is 77.0 Å². The average molecular weight is 749 g/mol. The van der Waals surface area contributed by atoms with E-state index in [0.717, 1.165) is 41.6 Å². The second kappa shape index (κ2) is 16.6. The lowest BCUT2D eigenvalue weighted by Gasteiger charge is -2.62. The van der Waals surface area contributed by atoms with E-state index in [1.807, 2.05) is 44.4 Å². The predicted octanol–water partition coefficient (Wildman–Crippen LogP) is 6.03. The first kappa shape index (κ1) is 42.1. The fourth-order valence-corrected chi connectivity index (χ4v) is 9.63. The van der Waals surface area contributed by atoms with Crippen LogP contribution in [0.2, 0.25) is 0 Å². The number of nitrogens with one attached hydrogen (secondary N) is 2. The standard InChI is InChI=1S/C44H68N4O6/c1-25(2)16-33(23-47(10)11)45-41(51)30-17-29(18-31(19-30)43(5,6)7)34-15-13-14-28(40(34)53-12)22-48-39(38(27(4)50)37(24-49)54-48)42(52)46-36-21-32-20-35(26(36)3)44(32,8)9/h13-15,17-19,25-27,32-33,35-39,49-50H,16,20-24H2,1-12H3,(H,45,51)(H,46,52)/t26-,27-,32+,33-,35-,36-,37-,38-,39-/m0/s1. The fourth-order valence-electron chi connectivity index (χ4n) is 9.63. The molecule has 3 saturated carbocycles. The summed E-state index contributed by atoms with van der Waals surface area (Å²) in [6, 6.07) is 11.1. The summed E-state index contributed by atoms with van der Waals surface area (Å²) in [5.74, 6) is 1.57. The number of aliphatic hydroxyl groups is 2. The minimum absolute atomic E-state index is 0.00443. The molecule has 10 nitrogen and oxygen atoms in total. The van der Waals surface area contributed by atoms with Crippen LogP contribution in [-0.4, -0.2) is 96.7 Å². The van der Waals surface area contributed by atoms with Gasteiger partial charge >= 0.3 is 0 Å². The van der Waals surface area contributed by atoms with Crippen LogP contribution in [-0.2, 0) is 21.6 Å². The summed E-state index contributed by atoms with van der Waals surface area (Å²) in [6.07, 6.45) is 1.37. The van der Waals surface area contributed by atoms with Gasteiger partial charge in [0.25, 0.3) is 5.91 Å². The van der Waals surface area contributed by atoms with Crippen molar-refractivity contribution in [3.05, 3.63) is 53.1 Å². The third-order valence-corrected chi connectivity index (χ3v) is 12.7. The Morgan fingerprint density at radius 2 is 1.81 bits per heavy atom. The molecule has 0 spiro atoms. The molecule has 0 radical (unpaired) electrons. The number of hydrogen-bond acceptors (Lipinski definition) is 8. The number of hydroxylamine groups is 2. The maximum absolute atomic E-state index is 14.3. The Bertz CT molecular complexity index is 1620. The highest BCUT2D eigenvalue weighted by Crippen LogP contribution is 2.61. The molecule has 0 unspecified atom stereocenters. The predicted molar refractivity (Wildman–Crippen MR) is 214 cm³/mol. The maximum Gasteiger partial charge on any atom is 0.251 e. The molecule has 4 aliphatic rings. The highest BCUT2D eigenvalue weighted by molar-refractivity contribution is 5.96. The molecule has 2 aromatic rings. The molecule has 6 rings (SSSR count). The number of hydrogen-bond donors (Lipinski definition) is 4. The number of para-hydroxylation sites is 1. The lowest BCUT2D eigenvalue weighted by molar-refractivity contribution is -0.183. The molecule has 2 aromatic carbocycles. The number of carbonyl (C=O) groups is 2. The SMILES string of the molecule is COc1c(CN2O[C@@H](CO)[C@H]([C@H](C)O)[C@H]2C(=O)N[C@H]2C[C@H]3C[C@@H]([C@@H]2C)C3(C)C)cccc1-c1cc(C(=O)N[C@@H](CC(C)C)CN(C)C)cc(C(C)(C)C)c1. The van der Waals surface area contributed by atoms with Gasteiger partial charge in [-0.3, -0.25) is 14.4 Å². The summed E-state index contributed by atoms with van der Waals surface area (Å²) < 4.78 is 6.13. The zero-order valence-corrected chi connectivity index (χ0v) is 34.9. The molecule has 300 valence electrons. The van der Waals surface area contributed by atoms with Gasteiger partial charge < -0.3 is 30.5 Å². The van der Waals surface area contributed by atoms with Crippen LogP contribution in [0.4, 0.5) is 0 Å². The van der Waals surface area contributed by atoms with Gasteiger partial charge in [-0.2, -0.15) is 5.06 Å². The van der Waals surface area contributed by atoms with Crippen molar-refractivity contribution < 1.29 is 29.4 Å². The molecule has 2 amide bonds. The van der Waals surface area contributed by atoms with Gasteiger partial charge in [-0.25, -0.2) is 0 Å². The van der Waals surface area contributed by atoms with Gasteiger partial charge in [0.1, 0.15) is 17.9 Å². The van der Waals surface area contributed by atoms with E-state index in [4.69, 9.17) is 9.57 Å². The van der Waals surface area contributed by atoms with Gasteiger partial charge in [0.15, 0.2) is 0 Å². The van der Waals surface area contributed by atoms with Gasteiger partial charge in [0, 0.05) is 41.2 Å². The zero-order valence-electron chi connectivity index (χ0n) is 34.9. The van der Waals surface area contributed by atoms with Crippen molar-refractivity contribution >= 4 is 11.8 Å². The van der Waals surface area contributed by atoms with Gasteiger partial charge in [-0.05, 0) is 98.0 Å². The number of rotatable bonds is 14. The van der Waals surface area contributed by atoms with Crippen LogP contribution in [0.5, 0.6) is 5.75 Å². The van der Waals surface area contributed by atoms with Crippen molar-refractivity contribution in [2.45, 2.75) is 124 Å². The fraction of sp³-hybridized carbons (Fsp3) is 0.682. The summed E-state index contributed by atoms with van der Waals surface area (Å²) in [5.41, 5.74) is 4.09. The van der Waals surface area contributed by atoms with Crippen LogP contribution in [0.15, 0.2) is 36.4 Å². The summed E-state index contributed by atoms with van der Waals surface area (Å²) in [5, 5.41) is 29.6. The normalized spacial score (nSPS) is 27.7. The van der Waals surface area contributed by atoms with E-state index in [1.165, 1.54) is 6.42 Å². The molecule has 1 saturated heterocycles. The van der Waals surface area contributed by atoms with Gasteiger partial charge in [-0.15, -0.1) is 0 Å². The Kier molecular flexibility index (Phi) is 13.0. The van der Waals surface area contributed by atoms with Crippen molar-refractivity contribution in [2.24, 2.45) is 35.0 Å². The minimum Gasteiger partial charge on any atom is -0.496 e. The summed E-state index contributed by atoms with van der Waals surface area (Å²) in [7, 11) is 5.67. The summed E-state index contributed by atoms with van der Waals surface area (Å²) in [6.45, 7) is 19.9. The number of amides is 2. The topological polar surface area (TPSA) is 124 Å². The van der Waals surface area contributed by atoms with E-state index in [1.54, 1.807) is 19.1 Å². The Labute approximate surface area is 324 Å². The van der Waals surface area contributed by atoms with Crippen LogP contribution in [0.1, 0.15) is 103 Å². The largest absolute Gasteiger partial charge is 0.496 e. The van der Waals surface area contributed by atoms with E-state index in [9.17, 15) is 19.8 Å². The molecule has 54 heavy (non-hydrogen) atoms. The van der Waals surface area contributed by atoms with Crippen LogP contribution < -0.4 is 15.4 Å². The zero-order chi connectivity index (χ0) is 39.9. The number of aliphatic hydroxyl groups excluding tert-OH is 2. The summed E-state index contributed by atoms with van der Waals surface area (Å²) in [4.78, 5) is 36.6. The van der Waals surface area contributed by atoms with E-state index in [-0.39, 0.29) is 47.9 Å². The summed E-state index contributed by atoms with van der Waals surface area (Å²) >= 11 is 0. The monoisotopic (exact) mass is 749 g/mol. The van der Waals surface area contributed by atoms with Crippen molar-refractivity contribution in [1.82, 2.24) is 20.6 Å². The third-order valence-electron chi connectivity index (χ3n) is 12.7. The molecule has 3 aliphatic carbocycles. The number of nitrogens with zero attached hydrogens (tertiary/aromatic N) is 2. The highest BCUT2D eigenvalue weighted by Gasteiger charge is 2.57. The van der Waals surface area contributed by atoms with Crippen LogP contribution in [0.25, 0.3) is 11.1 Å². The molecule has 4 N–H and O–H groups in total. The molecular weight excluding hydrogens is 681 g/mol. The first-order chi connectivity index (χ1) is 25.3. The number of methoxy groups -OCH3 is 1. The van der Waals surface area contributed by atoms with Gasteiger partial charge in [-0.1, -0.05) is 79.7 Å². The highest BCUT2D eigenvalue weighted by atomic mass is 16.7. The molecule has 2 bridgehead atoms. The Balaban J connectivity index is 1.47. The van der Waals surface area contributed by atoms with Gasteiger partial charge in [0.05, 0.1) is 26.4 Å². The van der Waals surface area contributed by atoms with E-state index >= 15 is 0 Å². The lowest BCUT2D eigenvalue weighted by atomic mass is 9.45. The van der Waals surface area contributed by atoms with Crippen molar-refractivity contribution in [3.63, 3.8) is 0 Å². The van der Waals surface area contributed by atoms with Gasteiger partial charge in [0.2, 0.25) is 5.91 Å². The number of fused-ring (bicyclic) bond motifs is 2. The van der Waals surface area contributed by atoms with Crippen molar-refractivity contribution in [1.29, 1.82) is 0 Å².